The molecule has 0 aliphatic carbocycles. The first kappa shape index (κ1) is 20.5. The largest absolute Gasteiger partial charge is 0.324 e. The van der Waals surface area contributed by atoms with Crippen LogP contribution in [0, 0.1) is 33.5 Å². The van der Waals surface area contributed by atoms with E-state index in [4.69, 9.17) is 0 Å². The number of nitrogens with zero attached hydrogens (tertiary/aromatic N) is 3. The molecule has 158 valence electrons. The van der Waals surface area contributed by atoms with Gasteiger partial charge in [-0.15, -0.1) is 0 Å². The van der Waals surface area contributed by atoms with Crippen LogP contribution in [0.2, 0.25) is 0 Å². The second-order valence-corrected chi connectivity index (χ2v) is 7.79. The number of hydrogen-bond donors (Lipinski definition) is 1. The van der Waals surface area contributed by atoms with Crippen molar-refractivity contribution in [3.8, 4) is 5.69 Å². The van der Waals surface area contributed by atoms with E-state index >= 15 is 0 Å². The van der Waals surface area contributed by atoms with Crippen molar-refractivity contribution in [2.45, 2.75) is 34.2 Å². The maximum atomic E-state index is 13.9. The Morgan fingerprint density at radius 2 is 1.81 bits per heavy atom. The number of halogens is 1. The van der Waals surface area contributed by atoms with Gasteiger partial charge in [-0.25, -0.2) is 9.07 Å². The number of nitrogens with one attached hydrogen (secondary N) is 1. The molecule has 0 saturated carbocycles. The topological polar surface area (TPSA) is 68.9 Å². The molecule has 0 saturated heterocycles. The smallest absolute Gasteiger partial charge is 0.252 e. The van der Waals surface area contributed by atoms with Crippen LogP contribution in [0.1, 0.15) is 22.4 Å². The van der Waals surface area contributed by atoms with Crippen molar-refractivity contribution >= 4 is 22.6 Å². The van der Waals surface area contributed by atoms with E-state index in [1.54, 1.807) is 12.1 Å². The monoisotopic (exact) mass is 418 g/mol. The predicted molar refractivity (Wildman–Crippen MR) is 119 cm³/mol. The summed E-state index contributed by atoms with van der Waals surface area (Å²) in [4.78, 5) is 25.8. The van der Waals surface area contributed by atoms with Crippen molar-refractivity contribution in [3.05, 3.63) is 87.1 Å². The van der Waals surface area contributed by atoms with E-state index in [1.807, 2.05) is 45.9 Å². The Hall–Kier alpha value is -3.74. The summed E-state index contributed by atoms with van der Waals surface area (Å²) in [6.45, 7) is 7.32. The number of amides is 1. The van der Waals surface area contributed by atoms with Gasteiger partial charge in [-0.2, -0.15) is 5.10 Å². The van der Waals surface area contributed by atoms with Gasteiger partial charge in [0, 0.05) is 17.1 Å². The van der Waals surface area contributed by atoms with Gasteiger partial charge in [0.2, 0.25) is 5.91 Å². The molecule has 0 unspecified atom stereocenters. The highest BCUT2D eigenvalue weighted by atomic mass is 19.1. The highest BCUT2D eigenvalue weighted by molar-refractivity contribution is 5.93. The molecule has 0 bridgehead atoms. The molecular formula is C24H23FN4O2. The molecule has 0 radical (unpaired) electrons. The van der Waals surface area contributed by atoms with Gasteiger partial charge in [0.15, 0.2) is 0 Å². The van der Waals surface area contributed by atoms with Crippen LogP contribution in [0.3, 0.4) is 0 Å². The molecule has 4 rings (SSSR count). The van der Waals surface area contributed by atoms with Crippen LogP contribution in [-0.2, 0) is 11.3 Å². The summed E-state index contributed by atoms with van der Waals surface area (Å²) in [5, 5.41) is 8.20. The van der Waals surface area contributed by atoms with Crippen LogP contribution in [0.5, 0.6) is 0 Å². The zero-order chi connectivity index (χ0) is 22.3. The fraction of sp³-hybridized carbons (Fsp3) is 0.208. The summed E-state index contributed by atoms with van der Waals surface area (Å²) in [5.74, 6) is -0.737. The molecule has 6 nitrogen and oxygen atoms in total. The van der Waals surface area contributed by atoms with E-state index in [9.17, 15) is 14.0 Å². The molecule has 0 aliphatic rings. The lowest BCUT2D eigenvalue weighted by molar-refractivity contribution is -0.116. The van der Waals surface area contributed by atoms with E-state index < -0.39 is 5.82 Å². The minimum atomic E-state index is -0.409. The molecule has 1 amide bonds. The van der Waals surface area contributed by atoms with Crippen molar-refractivity contribution < 1.29 is 9.18 Å². The van der Waals surface area contributed by atoms with Gasteiger partial charge in [0.05, 0.1) is 11.4 Å². The third-order valence-electron chi connectivity index (χ3n) is 5.31. The molecule has 0 fully saturated rings. The highest BCUT2D eigenvalue weighted by Crippen LogP contribution is 2.24. The van der Waals surface area contributed by atoms with E-state index in [0.717, 1.165) is 22.1 Å². The number of hydrogen-bond acceptors (Lipinski definition) is 3. The molecule has 2 aromatic heterocycles. The lowest BCUT2D eigenvalue weighted by Gasteiger charge is -2.14. The Morgan fingerprint density at radius 3 is 2.55 bits per heavy atom. The Balaban J connectivity index is 1.83. The molecule has 0 spiro atoms. The first-order chi connectivity index (χ1) is 14.7. The molecule has 2 aromatic carbocycles. The number of fused-ring (bicyclic) bond motifs is 1. The van der Waals surface area contributed by atoms with Gasteiger partial charge in [-0.3, -0.25) is 14.2 Å². The Morgan fingerprint density at radius 1 is 1.03 bits per heavy atom. The van der Waals surface area contributed by atoms with Gasteiger partial charge in [0.1, 0.15) is 18.0 Å². The third-order valence-corrected chi connectivity index (χ3v) is 5.31. The van der Waals surface area contributed by atoms with Gasteiger partial charge in [0.25, 0.3) is 5.56 Å². The second kappa shape index (κ2) is 7.83. The zero-order valence-electron chi connectivity index (χ0n) is 17.9. The molecule has 31 heavy (non-hydrogen) atoms. The summed E-state index contributed by atoms with van der Waals surface area (Å²) < 4.78 is 16.8. The second-order valence-electron chi connectivity index (χ2n) is 7.79. The van der Waals surface area contributed by atoms with Gasteiger partial charge in [-0.1, -0.05) is 18.2 Å². The van der Waals surface area contributed by atoms with E-state index in [1.165, 1.54) is 27.4 Å². The van der Waals surface area contributed by atoms with Gasteiger partial charge in [-0.05, 0) is 68.7 Å². The number of rotatable bonds is 4. The summed E-state index contributed by atoms with van der Waals surface area (Å²) >= 11 is 0. The number of aryl methyl sites for hydroxylation is 4. The average Bonchev–Trinajstić information content (AvgIpc) is 3.05. The number of aromatic nitrogens is 3. The van der Waals surface area contributed by atoms with Crippen molar-refractivity contribution in [3.63, 3.8) is 0 Å². The average molecular weight is 418 g/mol. The first-order valence-electron chi connectivity index (χ1n) is 9.97. The van der Waals surface area contributed by atoms with Crippen molar-refractivity contribution in [2.24, 2.45) is 0 Å². The quantitative estimate of drug-likeness (QED) is 0.540. The highest BCUT2D eigenvalue weighted by Gasteiger charge is 2.19. The van der Waals surface area contributed by atoms with Crippen molar-refractivity contribution in [2.75, 3.05) is 5.32 Å². The Bertz CT molecular complexity index is 1380. The number of carbonyl (C=O) groups is 1. The van der Waals surface area contributed by atoms with Crippen molar-refractivity contribution in [1.82, 2.24) is 14.3 Å². The normalized spacial score (nSPS) is 11.1. The third kappa shape index (κ3) is 3.86. The van der Waals surface area contributed by atoms with E-state index in [2.05, 4.69) is 10.4 Å². The minimum absolute atomic E-state index is 0.191. The molecular weight excluding hydrogens is 395 g/mol. The fourth-order valence-corrected chi connectivity index (χ4v) is 3.81. The standard InChI is InChI=1S/C24H23FN4O2/c1-14-8-9-15(2)20(10-14)26-21(30)13-28-22(31)11-16(3)23-17(4)27-29(24(23)28)19-7-5-6-18(25)12-19/h5-12H,13H2,1-4H3,(H,26,30). The van der Waals surface area contributed by atoms with Crippen molar-refractivity contribution in [1.29, 1.82) is 0 Å². The Kier molecular flexibility index (Phi) is 5.19. The summed E-state index contributed by atoms with van der Waals surface area (Å²) in [6, 6.07) is 13.3. The maximum Gasteiger partial charge on any atom is 0.252 e. The summed E-state index contributed by atoms with van der Waals surface area (Å²) in [6.07, 6.45) is 0. The van der Waals surface area contributed by atoms with Crippen LogP contribution in [0.15, 0.2) is 53.3 Å². The maximum absolute atomic E-state index is 13.9. The zero-order valence-corrected chi connectivity index (χ0v) is 17.9. The van der Waals surface area contributed by atoms with Gasteiger partial charge >= 0.3 is 0 Å². The number of benzene rings is 2. The van der Waals surface area contributed by atoms with E-state index in [0.29, 0.717) is 22.7 Å². The summed E-state index contributed by atoms with van der Waals surface area (Å²) in [5.41, 5.74) is 4.73. The van der Waals surface area contributed by atoms with Crippen LogP contribution in [0.4, 0.5) is 10.1 Å². The molecule has 0 aliphatic heterocycles. The van der Waals surface area contributed by atoms with Crippen LogP contribution in [-0.4, -0.2) is 20.3 Å². The molecule has 2 heterocycles. The number of anilines is 1. The fourth-order valence-electron chi connectivity index (χ4n) is 3.81. The lowest BCUT2D eigenvalue weighted by Crippen LogP contribution is -2.29. The van der Waals surface area contributed by atoms with E-state index in [-0.39, 0.29) is 18.0 Å². The van der Waals surface area contributed by atoms with Gasteiger partial charge < -0.3 is 5.32 Å². The molecule has 0 atom stereocenters. The molecule has 7 heteroatoms. The summed E-state index contributed by atoms with van der Waals surface area (Å²) in [7, 11) is 0. The minimum Gasteiger partial charge on any atom is -0.324 e. The van der Waals surface area contributed by atoms with Crippen LogP contribution < -0.4 is 10.9 Å². The SMILES string of the molecule is Cc1ccc(C)c(NC(=O)Cn2c(=O)cc(C)c3c(C)nn(-c4cccc(F)c4)c32)c1. The van der Waals surface area contributed by atoms with Crippen LogP contribution in [0.25, 0.3) is 16.7 Å². The molecule has 1 N–H and O–H groups in total. The Labute approximate surface area is 178 Å². The lowest BCUT2D eigenvalue weighted by atomic mass is 10.1. The van der Waals surface area contributed by atoms with Crippen LogP contribution >= 0.6 is 0 Å². The first-order valence-corrected chi connectivity index (χ1v) is 9.97. The number of pyridine rings is 1. The predicted octanol–water partition coefficient (Wildman–Crippen LogP) is 4.20. The number of carbonyl (C=O) groups excluding carboxylic acids is 1. The molecule has 4 aromatic rings.